The molecule has 1 aliphatic rings. The molecule has 30 heavy (non-hydrogen) atoms. The molecule has 0 radical (unpaired) electrons. The summed E-state index contributed by atoms with van der Waals surface area (Å²) in [7, 11) is -0.375. The molecular weight excluding hydrogens is 381 g/mol. The standard InChI is InChI=1S/C22H38BN3O4/c1-10-25(16-24-26(11-2)19(27)28-20(3,4)5)18-14-12-17(13-15-18)23-29-21(6,7)22(8,9)30-23/h12-15,24H,10-11,16H2,1-9H3. The number of amides is 1. The van der Waals surface area contributed by atoms with Gasteiger partial charge in [-0.25, -0.2) is 15.2 Å². The number of benzene rings is 1. The molecule has 168 valence electrons. The number of hydrogen-bond donors (Lipinski definition) is 1. The Labute approximate surface area is 182 Å². The molecule has 1 fully saturated rings. The van der Waals surface area contributed by atoms with E-state index in [4.69, 9.17) is 14.0 Å². The van der Waals surface area contributed by atoms with Crippen molar-refractivity contribution < 1.29 is 18.8 Å². The van der Waals surface area contributed by atoms with E-state index in [2.05, 4.69) is 57.1 Å². The van der Waals surface area contributed by atoms with Gasteiger partial charge < -0.3 is 18.9 Å². The van der Waals surface area contributed by atoms with E-state index < -0.39 is 5.60 Å². The van der Waals surface area contributed by atoms with Gasteiger partial charge in [-0.05, 0) is 79.9 Å². The summed E-state index contributed by atoms with van der Waals surface area (Å²) in [5, 5.41) is 1.49. The summed E-state index contributed by atoms with van der Waals surface area (Å²) >= 11 is 0. The highest BCUT2D eigenvalue weighted by molar-refractivity contribution is 6.62. The van der Waals surface area contributed by atoms with E-state index >= 15 is 0 Å². The summed E-state index contributed by atoms with van der Waals surface area (Å²) in [4.78, 5) is 14.5. The number of nitrogens with zero attached hydrogens (tertiary/aromatic N) is 2. The fraction of sp³-hybridized carbons (Fsp3) is 0.682. The molecule has 0 aliphatic carbocycles. The summed E-state index contributed by atoms with van der Waals surface area (Å²) in [5.41, 5.74) is 3.96. The molecule has 0 spiro atoms. The first kappa shape index (κ1) is 24.5. The van der Waals surface area contributed by atoms with Crippen LogP contribution in [0.4, 0.5) is 10.5 Å². The SMILES string of the molecule is CCN(NCN(CC)c1ccc(B2OC(C)(C)C(C)(C)O2)cc1)C(=O)OC(C)(C)C. The van der Waals surface area contributed by atoms with Crippen molar-refractivity contribution in [2.75, 3.05) is 24.7 Å². The van der Waals surface area contributed by atoms with Gasteiger partial charge in [0.25, 0.3) is 0 Å². The third kappa shape index (κ3) is 5.90. The first-order chi connectivity index (χ1) is 13.8. The highest BCUT2D eigenvalue weighted by atomic mass is 16.7. The van der Waals surface area contributed by atoms with Gasteiger partial charge in [-0.15, -0.1) is 0 Å². The van der Waals surface area contributed by atoms with Gasteiger partial charge in [-0.3, -0.25) is 0 Å². The maximum absolute atomic E-state index is 12.3. The van der Waals surface area contributed by atoms with Gasteiger partial charge in [-0.2, -0.15) is 0 Å². The molecule has 0 bridgehead atoms. The van der Waals surface area contributed by atoms with Crippen LogP contribution in [0.15, 0.2) is 24.3 Å². The highest BCUT2D eigenvalue weighted by Gasteiger charge is 2.51. The smallest absolute Gasteiger partial charge is 0.443 e. The Balaban J connectivity index is 2.01. The third-order valence-corrected chi connectivity index (χ3v) is 5.55. The Morgan fingerprint density at radius 2 is 1.57 bits per heavy atom. The lowest BCUT2D eigenvalue weighted by Crippen LogP contribution is -2.49. The summed E-state index contributed by atoms with van der Waals surface area (Å²) in [6, 6.07) is 8.17. The van der Waals surface area contributed by atoms with E-state index in [1.54, 1.807) is 0 Å². The average molecular weight is 419 g/mol. The number of hydrogen-bond acceptors (Lipinski definition) is 6. The largest absolute Gasteiger partial charge is 0.494 e. The molecule has 1 amide bonds. The molecule has 0 atom stereocenters. The van der Waals surface area contributed by atoms with Crippen molar-refractivity contribution in [3.05, 3.63) is 24.3 Å². The van der Waals surface area contributed by atoms with E-state index in [1.165, 1.54) is 5.01 Å². The van der Waals surface area contributed by atoms with Crippen molar-refractivity contribution in [3.8, 4) is 0 Å². The topological polar surface area (TPSA) is 63.3 Å². The van der Waals surface area contributed by atoms with Crippen molar-refractivity contribution in [1.29, 1.82) is 0 Å². The molecule has 7 nitrogen and oxygen atoms in total. The van der Waals surface area contributed by atoms with Crippen LogP contribution in [0.25, 0.3) is 0 Å². The maximum atomic E-state index is 12.3. The van der Waals surface area contributed by atoms with E-state index in [1.807, 2.05) is 39.8 Å². The van der Waals surface area contributed by atoms with Gasteiger partial charge in [0.1, 0.15) is 5.60 Å². The summed E-state index contributed by atoms with van der Waals surface area (Å²) < 4.78 is 17.7. The second-order valence-corrected chi connectivity index (χ2v) is 9.58. The van der Waals surface area contributed by atoms with Crippen LogP contribution in [0.3, 0.4) is 0 Å². The number of ether oxygens (including phenoxy) is 1. The predicted octanol–water partition coefficient (Wildman–Crippen LogP) is 3.53. The molecule has 1 heterocycles. The lowest BCUT2D eigenvalue weighted by atomic mass is 9.79. The summed E-state index contributed by atoms with van der Waals surface area (Å²) in [6.07, 6.45) is -0.378. The second kappa shape index (κ2) is 9.16. The third-order valence-electron chi connectivity index (χ3n) is 5.55. The van der Waals surface area contributed by atoms with Gasteiger partial charge in [0.15, 0.2) is 0 Å². The Morgan fingerprint density at radius 1 is 1.03 bits per heavy atom. The fourth-order valence-corrected chi connectivity index (χ4v) is 3.00. The number of carbonyl (C=O) groups is 1. The Bertz CT molecular complexity index is 700. The minimum Gasteiger partial charge on any atom is -0.443 e. The van der Waals surface area contributed by atoms with Crippen LogP contribution in [0.5, 0.6) is 0 Å². The fourth-order valence-electron chi connectivity index (χ4n) is 3.00. The van der Waals surface area contributed by atoms with E-state index in [0.29, 0.717) is 13.2 Å². The highest BCUT2D eigenvalue weighted by Crippen LogP contribution is 2.36. The van der Waals surface area contributed by atoms with Crippen LogP contribution in [0, 0.1) is 0 Å². The zero-order chi connectivity index (χ0) is 22.7. The Hall–Kier alpha value is -1.77. The molecule has 0 aromatic heterocycles. The quantitative estimate of drug-likeness (QED) is 0.415. The first-order valence-electron chi connectivity index (χ1n) is 10.7. The van der Waals surface area contributed by atoms with Crippen molar-refractivity contribution in [3.63, 3.8) is 0 Å². The van der Waals surface area contributed by atoms with Crippen LogP contribution in [-0.2, 0) is 14.0 Å². The van der Waals surface area contributed by atoms with Crippen LogP contribution >= 0.6 is 0 Å². The average Bonchev–Trinajstić information content (AvgIpc) is 2.85. The van der Waals surface area contributed by atoms with E-state index in [0.717, 1.165) is 17.7 Å². The summed E-state index contributed by atoms with van der Waals surface area (Å²) in [5.74, 6) is 0. The van der Waals surface area contributed by atoms with Crippen molar-refractivity contribution >= 4 is 24.4 Å². The normalized spacial score (nSPS) is 17.7. The molecule has 1 N–H and O–H groups in total. The number of anilines is 1. The molecule has 8 heteroatoms. The van der Waals surface area contributed by atoms with Crippen molar-refractivity contribution in [2.24, 2.45) is 0 Å². The van der Waals surface area contributed by atoms with Gasteiger partial charge in [0, 0.05) is 18.8 Å². The first-order valence-corrected chi connectivity index (χ1v) is 10.7. The van der Waals surface area contributed by atoms with E-state index in [9.17, 15) is 4.79 Å². The lowest BCUT2D eigenvalue weighted by molar-refractivity contribution is 0.00578. The van der Waals surface area contributed by atoms with Gasteiger partial charge in [0.2, 0.25) is 0 Å². The van der Waals surface area contributed by atoms with Gasteiger partial charge in [0.05, 0.1) is 17.9 Å². The molecule has 1 aromatic rings. The molecule has 0 unspecified atom stereocenters. The maximum Gasteiger partial charge on any atom is 0.494 e. The Kier molecular flexibility index (Phi) is 7.48. The van der Waals surface area contributed by atoms with Gasteiger partial charge >= 0.3 is 13.2 Å². The van der Waals surface area contributed by atoms with Crippen molar-refractivity contribution in [1.82, 2.24) is 10.4 Å². The van der Waals surface area contributed by atoms with Crippen LogP contribution in [0.1, 0.15) is 62.3 Å². The minimum atomic E-state index is -0.528. The summed E-state index contributed by atoms with van der Waals surface area (Å²) in [6.45, 7) is 19.6. The zero-order valence-electron chi connectivity index (χ0n) is 20.0. The molecule has 1 aromatic carbocycles. The van der Waals surface area contributed by atoms with Crippen LogP contribution in [0.2, 0.25) is 0 Å². The molecule has 0 saturated carbocycles. The number of nitrogens with one attached hydrogen (secondary N) is 1. The molecule has 1 aliphatic heterocycles. The minimum absolute atomic E-state index is 0.360. The number of rotatable bonds is 7. The number of hydrazine groups is 1. The zero-order valence-corrected chi connectivity index (χ0v) is 20.0. The lowest BCUT2D eigenvalue weighted by Gasteiger charge is -2.32. The van der Waals surface area contributed by atoms with Gasteiger partial charge in [-0.1, -0.05) is 12.1 Å². The second-order valence-electron chi connectivity index (χ2n) is 9.58. The van der Waals surface area contributed by atoms with E-state index in [-0.39, 0.29) is 24.4 Å². The molecular formula is C22H38BN3O4. The molecule has 1 saturated heterocycles. The Morgan fingerprint density at radius 3 is 2.00 bits per heavy atom. The monoisotopic (exact) mass is 419 g/mol. The predicted molar refractivity (Wildman–Crippen MR) is 122 cm³/mol. The van der Waals surface area contributed by atoms with Crippen LogP contribution < -0.4 is 15.8 Å². The number of carbonyl (C=O) groups excluding carboxylic acids is 1. The molecule has 2 rings (SSSR count). The van der Waals surface area contributed by atoms with Crippen LogP contribution in [-0.4, -0.2) is 54.8 Å². The van der Waals surface area contributed by atoms with Crippen molar-refractivity contribution in [2.45, 2.75) is 79.1 Å².